The molecule has 2 rings (SSSR count). The third-order valence-electron chi connectivity index (χ3n) is 2.86. The van der Waals surface area contributed by atoms with Gasteiger partial charge in [0.15, 0.2) is 0 Å². The van der Waals surface area contributed by atoms with Crippen molar-refractivity contribution in [2.24, 2.45) is 5.14 Å². The largest absolute Gasteiger partial charge is 0.478 e. The number of benzene rings is 1. The van der Waals surface area contributed by atoms with Gasteiger partial charge < -0.3 is 10.4 Å². The minimum absolute atomic E-state index is 0.190. The molecular formula is C13H13N3O4S. The van der Waals surface area contributed by atoms with Crippen molar-refractivity contribution in [3.63, 3.8) is 0 Å². The molecule has 2 aromatic rings. The third-order valence-corrected chi connectivity index (χ3v) is 3.77. The summed E-state index contributed by atoms with van der Waals surface area (Å²) in [7, 11) is -3.96. The maximum Gasteiger partial charge on any atom is 0.337 e. The highest BCUT2D eigenvalue weighted by atomic mass is 32.2. The van der Waals surface area contributed by atoms with Gasteiger partial charge in [-0.3, -0.25) is 4.98 Å². The first-order valence-corrected chi connectivity index (χ1v) is 7.41. The Morgan fingerprint density at radius 1 is 1.29 bits per heavy atom. The number of nitrogens with two attached hydrogens (primary N) is 1. The second kappa shape index (κ2) is 5.51. The second-order valence-corrected chi connectivity index (χ2v) is 5.93. The third kappa shape index (κ3) is 3.36. The highest BCUT2D eigenvalue weighted by molar-refractivity contribution is 7.89. The summed E-state index contributed by atoms with van der Waals surface area (Å²) in [6.07, 6.45) is 3.16. The van der Waals surface area contributed by atoms with Gasteiger partial charge >= 0.3 is 5.97 Å². The Balaban J connectivity index is 2.50. The molecule has 0 bridgehead atoms. The molecule has 0 saturated heterocycles. The molecule has 21 heavy (non-hydrogen) atoms. The lowest BCUT2D eigenvalue weighted by atomic mass is 10.1. The summed E-state index contributed by atoms with van der Waals surface area (Å²) >= 11 is 0. The number of primary sulfonamides is 1. The van der Waals surface area contributed by atoms with Crippen LogP contribution in [0.3, 0.4) is 0 Å². The average molecular weight is 307 g/mol. The van der Waals surface area contributed by atoms with E-state index in [0.29, 0.717) is 5.69 Å². The predicted octanol–water partition coefficient (Wildman–Crippen LogP) is 1.48. The maximum atomic E-state index is 11.3. The normalized spacial score (nSPS) is 11.1. The smallest absolute Gasteiger partial charge is 0.337 e. The molecule has 0 fully saturated rings. The monoisotopic (exact) mass is 307 g/mol. The fourth-order valence-electron chi connectivity index (χ4n) is 1.73. The van der Waals surface area contributed by atoms with E-state index < -0.39 is 16.0 Å². The minimum atomic E-state index is -3.96. The average Bonchev–Trinajstić information content (AvgIpc) is 2.40. The minimum Gasteiger partial charge on any atom is -0.478 e. The topological polar surface area (TPSA) is 122 Å². The number of aromatic nitrogens is 1. The predicted molar refractivity (Wildman–Crippen MR) is 77.0 cm³/mol. The Labute approximate surface area is 121 Å². The molecule has 4 N–H and O–H groups in total. The van der Waals surface area contributed by atoms with Gasteiger partial charge in [-0.25, -0.2) is 18.4 Å². The first-order valence-electron chi connectivity index (χ1n) is 5.87. The number of hydrogen-bond donors (Lipinski definition) is 3. The zero-order valence-corrected chi connectivity index (χ0v) is 11.9. The molecule has 1 aromatic heterocycles. The number of rotatable bonds is 4. The van der Waals surface area contributed by atoms with Crippen molar-refractivity contribution < 1.29 is 18.3 Å². The van der Waals surface area contributed by atoms with E-state index >= 15 is 0 Å². The lowest BCUT2D eigenvalue weighted by Gasteiger charge is -2.12. The molecule has 1 aromatic carbocycles. The van der Waals surface area contributed by atoms with Crippen molar-refractivity contribution in [2.45, 2.75) is 11.8 Å². The van der Waals surface area contributed by atoms with Crippen molar-refractivity contribution in [1.29, 1.82) is 0 Å². The summed E-state index contributed by atoms with van der Waals surface area (Å²) in [5, 5.41) is 17.1. The summed E-state index contributed by atoms with van der Waals surface area (Å²) in [5.41, 5.74) is 1.57. The molecule has 110 valence electrons. The molecule has 0 saturated carbocycles. The van der Waals surface area contributed by atoms with Crippen LogP contribution in [0.5, 0.6) is 0 Å². The number of sulfonamides is 1. The van der Waals surface area contributed by atoms with Gasteiger partial charge in [0.25, 0.3) is 0 Å². The van der Waals surface area contributed by atoms with Gasteiger partial charge in [-0.05, 0) is 36.8 Å². The molecule has 7 nitrogen and oxygen atoms in total. The van der Waals surface area contributed by atoms with Crippen molar-refractivity contribution >= 4 is 27.4 Å². The number of aromatic carboxylic acids is 1. The van der Waals surface area contributed by atoms with Crippen molar-refractivity contribution in [1.82, 2.24) is 4.98 Å². The Hall–Kier alpha value is -2.45. The molecule has 0 aliphatic carbocycles. The first kappa shape index (κ1) is 14.9. The lowest BCUT2D eigenvalue weighted by molar-refractivity contribution is 0.0697. The Morgan fingerprint density at radius 3 is 2.57 bits per heavy atom. The Morgan fingerprint density at radius 2 is 2.00 bits per heavy atom. The zero-order valence-electron chi connectivity index (χ0n) is 11.1. The van der Waals surface area contributed by atoms with E-state index in [1.54, 1.807) is 18.5 Å². The summed E-state index contributed by atoms with van der Waals surface area (Å²) in [5.74, 6) is -1.26. The molecule has 1 heterocycles. The van der Waals surface area contributed by atoms with Crippen LogP contribution in [0.4, 0.5) is 11.4 Å². The van der Waals surface area contributed by atoms with Crippen LogP contribution in [0.15, 0.2) is 41.6 Å². The number of aryl methyl sites for hydroxylation is 1. The van der Waals surface area contributed by atoms with Gasteiger partial charge in [0.2, 0.25) is 10.0 Å². The summed E-state index contributed by atoms with van der Waals surface area (Å²) in [6, 6.07) is 5.39. The SMILES string of the molecule is Cc1ccncc1Nc1ccc(S(N)(=O)=O)cc1C(=O)O. The number of carbonyl (C=O) groups is 1. The standard InChI is InChI=1S/C13H13N3O4S/c1-8-4-5-15-7-12(8)16-11-3-2-9(21(14,19)20)6-10(11)13(17)18/h2-7,16H,1H3,(H,17,18)(H2,14,19,20). The van der Waals surface area contributed by atoms with Crippen LogP contribution in [0, 0.1) is 6.92 Å². The van der Waals surface area contributed by atoms with Crippen molar-refractivity contribution in [3.05, 3.63) is 47.8 Å². The lowest BCUT2D eigenvalue weighted by Crippen LogP contribution is -2.14. The number of carboxylic acid groups (broad SMARTS) is 1. The molecule has 0 aliphatic rings. The molecule has 8 heteroatoms. The van der Waals surface area contributed by atoms with E-state index in [0.717, 1.165) is 11.6 Å². The summed E-state index contributed by atoms with van der Waals surface area (Å²) in [6.45, 7) is 1.84. The van der Waals surface area contributed by atoms with Gasteiger partial charge in [-0.15, -0.1) is 0 Å². The van der Waals surface area contributed by atoms with Gasteiger partial charge in [-0.1, -0.05) is 0 Å². The van der Waals surface area contributed by atoms with Crippen LogP contribution in [-0.4, -0.2) is 24.5 Å². The van der Waals surface area contributed by atoms with Crippen LogP contribution in [0.2, 0.25) is 0 Å². The molecule has 0 atom stereocenters. The van der Waals surface area contributed by atoms with Crippen LogP contribution < -0.4 is 10.5 Å². The van der Waals surface area contributed by atoms with E-state index in [1.165, 1.54) is 12.1 Å². The van der Waals surface area contributed by atoms with E-state index in [9.17, 15) is 18.3 Å². The fraction of sp³-hybridized carbons (Fsp3) is 0.0769. The second-order valence-electron chi connectivity index (χ2n) is 4.37. The highest BCUT2D eigenvalue weighted by Gasteiger charge is 2.16. The highest BCUT2D eigenvalue weighted by Crippen LogP contribution is 2.25. The Kier molecular flexibility index (Phi) is 3.92. The van der Waals surface area contributed by atoms with Crippen LogP contribution in [-0.2, 0) is 10.0 Å². The number of anilines is 2. The van der Waals surface area contributed by atoms with E-state index in [4.69, 9.17) is 5.14 Å². The van der Waals surface area contributed by atoms with Crippen LogP contribution >= 0.6 is 0 Å². The number of nitrogens with one attached hydrogen (secondary N) is 1. The van der Waals surface area contributed by atoms with E-state index in [-0.39, 0.29) is 16.1 Å². The van der Waals surface area contributed by atoms with Crippen molar-refractivity contribution in [2.75, 3.05) is 5.32 Å². The van der Waals surface area contributed by atoms with Crippen molar-refractivity contribution in [3.8, 4) is 0 Å². The quantitative estimate of drug-likeness (QED) is 0.786. The van der Waals surface area contributed by atoms with Crippen LogP contribution in [0.25, 0.3) is 0 Å². The summed E-state index contributed by atoms with van der Waals surface area (Å²) in [4.78, 5) is 15.0. The zero-order chi connectivity index (χ0) is 15.6. The van der Waals surface area contributed by atoms with E-state index in [2.05, 4.69) is 10.3 Å². The molecule has 0 spiro atoms. The number of carboxylic acids is 1. The summed E-state index contributed by atoms with van der Waals surface area (Å²) < 4.78 is 22.6. The van der Waals surface area contributed by atoms with Gasteiger partial charge in [0.1, 0.15) is 0 Å². The Bertz CT molecular complexity index is 803. The molecule has 0 aliphatic heterocycles. The number of nitrogens with zero attached hydrogens (tertiary/aromatic N) is 1. The van der Waals surface area contributed by atoms with Gasteiger partial charge in [-0.2, -0.15) is 0 Å². The molecule has 0 radical (unpaired) electrons. The molecular weight excluding hydrogens is 294 g/mol. The molecule has 0 amide bonds. The van der Waals surface area contributed by atoms with Gasteiger partial charge in [0, 0.05) is 6.20 Å². The van der Waals surface area contributed by atoms with Crippen LogP contribution in [0.1, 0.15) is 15.9 Å². The first-order chi connectivity index (χ1) is 9.79. The number of pyridine rings is 1. The van der Waals surface area contributed by atoms with Gasteiger partial charge in [0.05, 0.1) is 28.0 Å². The fourth-order valence-corrected chi connectivity index (χ4v) is 2.27. The van der Waals surface area contributed by atoms with E-state index in [1.807, 2.05) is 6.92 Å². The molecule has 0 unspecified atom stereocenters. The maximum absolute atomic E-state index is 11.3. The number of hydrogen-bond acceptors (Lipinski definition) is 5.